The zero-order chi connectivity index (χ0) is 15.6. The van der Waals surface area contributed by atoms with Crippen molar-refractivity contribution in [1.82, 2.24) is 14.8 Å². The number of aromatic nitrogens is 1. The quantitative estimate of drug-likeness (QED) is 0.831. The Morgan fingerprint density at radius 2 is 2.14 bits per heavy atom. The second-order valence-electron chi connectivity index (χ2n) is 5.74. The van der Waals surface area contributed by atoms with E-state index in [1.54, 1.807) is 6.07 Å². The molecule has 0 unspecified atom stereocenters. The molecule has 0 aliphatic carbocycles. The summed E-state index contributed by atoms with van der Waals surface area (Å²) in [5.41, 5.74) is 3.29. The van der Waals surface area contributed by atoms with Crippen LogP contribution in [-0.2, 0) is 6.54 Å². The van der Waals surface area contributed by atoms with Gasteiger partial charge < -0.3 is 19.2 Å². The molecule has 0 saturated heterocycles. The van der Waals surface area contributed by atoms with Gasteiger partial charge in [-0.05, 0) is 27.9 Å². The summed E-state index contributed by atoms with van der Waals surface area (Å²) in [5, 5.41) is 2.94. The Morgan fingerprint density at radius 1 is 1.43 bits per heavy atom. The standard InChI is InChI=1S/C16H23N3O2/c1-11(2)10-19-13-8-12(3)21-15(13)9-14(19)16(20)17-6-7-18(4)5/h8-9H,1,6-7,10H2,2-5H3,(H,17,20). The molecule has 114 valence electrons. The third-order valence-electron chi connectivity index (χ3n) is 3.22. The Hall–Kier alpha value is -2.01. The number of rotatable bonds is 6. The Morgan fingerprint density at radius 3 is 2.76 bits per heavy atom. The van der Waals surface area contributed by atoms with Crippen molar-refractivity contribution in [2.75, 3.05) is 27.2 Å². The minimum atomic E-state index is -0.0813. The third kappa shape index (κ3) is 3.55. The van der Waals surface area contributed by atoms with E-state index in [2.05, 4.69) is 11.9 Å². The van der Waals surface area contributed by atoms with Gasteiger partial charge in [0.15, 0.2) is 5.58 Å². The molecule has 0 aromatic carbocycles. The molecule has 0 radical (unpaired) electrons. The molecule has 2 aromatic rings. The van der Waals surface area contributed by atoms with E-state index >= 15 is 0 Å². The zero-order valence-corrected chi connectivity index (χ0v) is 13.2. The Labute approximate surface area is 125 Å². The lowest BCUT2D eigenvalue weighted by Gasteiger charge is -2.12. The molecule has 0 aliphatic heterocycles. The van der Waals surface area contributed by atoms with Gasteiger partial charge in [0.05, 0.1) is 5.52 Å². The lowest BCUT2D eigenvalue weighted by molar-refractivity contribution is 0.0942. The number of allylic oxidation sites excluding steroid dienone is 1. The average molecular weight is 289 g/mol. The summed E-state index contributed by atoms with van der Waals surface area (Å²) in [6, 6.07) is 3.76. The molecule has 0 spiro atoms. The molecule has 0 bridgehead atoms. The molecule has 0 fully saturated rings. The van der Waals surface area contributed by atoms with Crippen molar-refractivity contribution >= 4 is 17.0 Å². The van der Waals surface area contributed by atoms with Crippen LogP contribution in [-0.4, -0.2) is 42.6 Å². The maximum atomic E-state index is 12.4. The first kappa shape index (κ1) is 15.4. The van der Waals surface area contributed by atoms with E-state index in [1.165, 1.54) is 0 Å². The number of furan rings is 1. The van der Waals surface area contributed by atoms with E-state index in [-0.39, 0.29) is 5.91 Å². The highest BCUT2D eigenvalue weighted by molar-refractivity contribution is 5.97. The maximum absolute atomic E-state index is 12.4. The number of fused-ring (bicyclic) bond motifs is 1. The molecule has 5 heteroatoms. The molecular weight excluding hydrogens is 266 g/mol. The summed E-state index contributed by atoms with van der Waals surface area (Å²) >= 11 is 0. The molecule has 0 aliphatic rings. The molecular formula is C16H23N3O2. The summed E-state index contributed by atoms with van der Waals surface area (Å²) in [7, 11) is 3.96. The first-order valence-electron chi connectivity index (χ1n) is 7.05. The van der Waals surface area contributed by atoms with Crippen molar-refractivity contribution < 1.29 is 9.21 Å². The number of aryl methyl sites for hydroxylation is 1. The highest BCUT2D eigenvalue weighted by Gasteiger charge is 2.18. The van der Waals surface area contributed by atoms with Crippen LogP contribution in [0.5, 0.6) is 0 Å². The van der Waals surface area contributed by atoms with Crippen molar-refractivity contribution in [3.8, 4) is 0 Å². The highest BCUT2D eigenvalue weighted by atomic mass is 16.3. The van der Waals surface area contributed by atoms with Gasteiger partial charge in [-0.15, -0.1) is 0 Å². The monoisotopic (exact) mass is 289 g/mol. The van der Waals surface area contributed by atoms with Crippen LogP contribution < -0.4 is 5.32 Å². The normalized spacial score (nSPS) is 11.3. The van der Waals surface area contributed by atoms with Crippen molar-refractivity contribution in [2.24, 2.45) is 0 Å². The molecule has 2 heterocycles. The van der Waals surface area contributed by atoms with Crippen molar-refractivity contribution in [3.05, 3.63) is 35.7 Å². The van der Waals surface area contributed by atoms with E-state index in [0.717, 1.165) is 29.0 Å². The van der Waals surface area contributed by atoms with E-state index in [0.29, 0.717) is 18.8 Å². The van der Waals surface area contributed by atoms with Crippen molar-refractivity contribution in [3.63, 3.8) is 0 Å². The molecule has 0 saturated carbocycles. The number of carbonyl (C=O) groups is 1. The summed E-state index contributed by atoms with van der Waals surface area (Å²) in [6.07, 6.45) is 0. The van der Waals surface area contributed by atoms with Gasteiger partial charge in [0.1, 0.15) is 11.5 Å². The van der Waals surface area contributed by atoms with Crippen LogP contribution in [0.25, 0.3) is 11.1 Å². The topological polar surface area (TPSA) is 50.4 Å². The number of hydrogen-bond acceptors (Lipinski definition) is 3. The minimum absolute atomic E-state index is 0.0813. The fourth-order valence-electron chi connectivity index (χ4n) is 2.28. The van der Waals surface area contributed by atoms with Crippen LogP contribution >= 0.6 is 0 Å². The van der Waals surface area contributed by atoms with Gasteiger partial charge in [0.25, 0.3) is 5.91 Å². The second-order valence-corrected chi connectivity index (χ2v) is 5.74. The summed E-state index contributed by atoms with van der Waals surface area (Å²) in [5.74, 6) is 0.761. The van der Waals surface area contributed by atoms with E-state index < -0.39 is 0 Å². The Balaban J connectivity index is 2.27. The van der Waals surface area contributed by atoms with Gasteiger partial charge in [0, 0.05) is 31.8 Å². The largest absolute Gasteiger partial charge is 0.460 e. The number of nitrogens with zero attached hydrogens (tertiary/aromatic N) is 2. The second kappa shape index (κ2) is 6.18. The number of hydrogen-bond donors (Lipinski definition) is 1. The number of nitrogens with one attached hydrogen (secondary N) is 1. The number of carbonyl (C=O) groups excluding carboxylic acids is 1. The highest BCUT2D eigenvalue weighted by Crippen LogP contribution is 2.24. The minimum Gasteiger partial charge on any atom is -0.460 e. The summed E-state index contributed by atoms with van der Waals surface area (Å²) in [6.45, 7) is 9.83. The number of likely N-dealkylation sites (N-methyl/N-ethyl adjacent to an activating group) is 1. The predicted octanol–water partition coefficient (Wildman–Crippen LogP) is 2.41. The molecule has 1 N–H and O–H groups in total. The molecule has 1 amide bonds. The number of amides is 1. The van der Waals surface area contributed by atoms with Gasteiger partial charge in [-0.3, -0.25) is 4.79 Å². The van der Waals surface area contributed by atoms with Crippen LogP contribution in [0.15, 0.2) is 28.7 Å². The summed E-state index contributed by atoms with van der Waals surface area (Å²) in [4.78, 5) is 14.4. The van der Waals surface area contributed by atoms with E-state index in [9.17, 15) is 4.79 Å². The molecule has 21 heavy (non-hydrogen) atoms. The maximum Gasteiger partial charge on any atom is 0.268 e. The van der Waals surface area contributed by atoms with Crippen molar-refractivity contribution in [1.29, 1.82) is 0 Å². The molecule has 0 atom stereocenters. The van der Waals surface area contributed by atoms with Crippen LogP contribution in [0.4, 0.5) is 0 Å². The lowest BCUT2D eigenvalue weighted by Crippen LogP contribution is -2.32. The lowest BCUT2D eigenvalue weighted by atomic mass is 10.3. The average Bonchev–Trinajstić information content (AvgIpc) is 2.86. The first-order chi connectivity index (χ1) is 9.88. The molecule has 5 nitrogen and oxygen atoms in total. The van der Waals surface area contributed by atoms with Crippen LogP contribution in [0, 0.1) is 6.92 Å². The van der Waals surface area contributed by atoms with Crippen LogP contribution in [0.1, 0.15) is 23.2 Å². The fourth-order valence-corrected chi connectivity index (χ4v) is 2.28. The van der Waals surface area contributed by atoms with Crippen LogP contribution in [0.2, 0.25) is 0 Å². The van der Waals surface area contributed by atoms with E-state index in [1.807, 2.05) is 43.5 Å². The third-order valence-corrected chi connectivity index (χ3v) is 3.22. The van der Waals surface area contributed by atoms with Gasteiger partial charge in [-0.1, -0.05) is 12.2 Å². The van der Waals surface area contributed by atoms with Gasteiger partial charge in [-0.25, -0.2) is 0 Å². The van der Waals surface area contributed by atoms with E-state index in [4.69, 9.17) is 4.42 Å². The van der Waals surface area contributed by atoms with Crippen LogP contribution in [0.3, 0.4) is 0 Å². The Bertz CT molecular complexity index is 664. The predicted molar refractivity (Wildman–Crippen MR) is 84.6 cm³/mol. The Kier molecular flexibility index (Phi) is 4.53. The van der Waals surface area contributed by atoms with Gasteiger partial charge in [-0.2, -0.15) is 0 Å². The zero-order valence-electron chi connectivity index (χ0n) is 13.2. The van der Waals surface area contributed by atoms with Crippen molar-refractivity contribution in [2.45, 2.75) is 20.4 Å². The summed E-state index contributed by atoms with van der Waals surface area (Å²) < 4.78 is 7.58. The van der Waals surface area contributed by atoms with Gasteiger partial charge in [0.2, 0.25) is 0 Å². The smallest absolute Gasteiger partial charge is 0.268 e. The first-order valence-corrected chi connectivity index (χ1v) is 7.05. The molecule has 2 aromatic heterocycles. The van der Waals surface area contributed by atoms with Gasteiger partial charge >= 0.3 is 0 Å². The molecule has 2 rings (SSSR count). The SMILES string of the molecule is C=C(C)Cn1c(C(=O)NCCN(C)C)cc2oc(C)cc21. The fraction of sp³-hybridized carbons (Fsp3) is 0.438.